The fourth-order valence-electron chi connectivity index (χ4n) is 3.95. The van der Waals surface area contributed by atoms with E-state index >= 15 is 0 Å². The highest BCUT2D eigenvalue weighted by Gasteiger charge is 2.30. The molecule has 148 valence electrons. The summed E-state index contributed by atoms with van der Waals surface area (Å²) in [4.78, 5) is 17.4. The van der Waals surface area contributed by atoms with Gasteiger partial charge in [0.1, 0.15) is 5.75 Å². The van der Waals surface area contributed by atoms with Crippen molar-refractivity contribution >= 4 is 5.91 Å². The molecule has 0 bridgehead atoms. The highest BCUT2D eigenvalue weighted by atomic mass is 16.5. The van der Waals surface area contributed by atoms with Crippen LogP contribution in [-0.2, 0) is 0 Å². The normalized spacial score (nSPS) is 17.2. The fourth-order valence-corrected chi connectivity index (χ4v) is 3.95. The van der Waals surface area contributed by atoms with Crippen molar-refractivity contribution in [3.63, 3.8) is 0 Å². The lowest BCUT2D eigenvalue weighted by Crippen LogP contribution is -2.49. The number of carbonyl (C=O) groups is 1. The van der Waals surface area contributed by atoms with E-state index in [1.54, 1.807) is 7.11 Å². The van der Waals surface area contributed by atoms with Crippen LogP contribution in [0.3, 0.4) is 0 Å². The molecule has 1 fully saturated rings. The molecule has 0 N–H and O–H groups in total. The molecule has 29 heavy (non-hydrogen) atoms. The Morgan fingerprint density at radius 2 is 1.52 bits per heavy atom. The maximum absolute atomic E-state index is 13.2. The SMILES string of the molecule is COc1ccccc1C1CN(C(=O)c2ccc(-c3ccccc3)cc2)CCN1C. The summed E-state index contributed by atoms with van der Waals surface area (Å²) in [6.45, 7) is 2.20. The Hall–Kier alpha value is -3.11. The number of benzene rings is 3. The van der Waals surface area contributed by atoms with Gasteiger partial charge in [-0.25, -0.2) is 0 Å². The Morgan fingerprint density at radius 3 is 2.24 bits per heavy atom. The van der Waals surface area contributed by atoms with Gasteiger partial charge >= 0.3 is 0 Å². The highest BCUT2D eigenvalue weighted by Crippen LogP contribution is 2.31. The van der Waals surface area contributed by atoms with Gasteiger partial charge in [0.15, 0.2) is 0 Å². The zero-order chi connectivity index (χ0) is 20.2. The Morgan fingerprint density at radius 1 is 0.862 bits per heavy atom. The lowest BCUT2D eigenvalue weighted by molar-refractivity contribution is 0.0542. The average Bonchev–Trinajstić information content (AvgIpc) is 2.79. The van der Waals surface area contributed by atoms with Crippen molar-refractivity contribution in [2.75, 3.05) is 33.8 Å². The van der Waals surface area contributed by atoms with E-state index in [9.17, 15) is 4.79 Å². The van der Waals surface area contributed by atoms with Crippen LogP contribution in [0.5, 0.6) is 5.75 Å². The third-order valence-electron chi connectivity index (χ3n) is 5.67. The van der Waals surface area contributed by atoms with Gasteiger partial charge in [0.2, 0.25) is 0 Å². The van der Waals surface area contributed by atoms with Crippen molar-refractivity contribution in [2.24, 2.45) is 0 Å². The number of nitrogens with zero attached hydrogens (tertiary/aromatic N) is 2. The van der Waals surface area contributed by atoms with Crippen LogP contribution < -0.4 is 4.74 Å². The zero-order valence-electron chi connectivity index (χ0n) is 16.9. The maximum atomic E-state index is 13.2. The van der Waals surface area contributed by atoms with Gasteiger partial charge in [0.25, 0.3) is 5.91 Å². The molecule has 4 rings (SSSR count). The molecule has 0 spiro atoms. The van der Waals surface area contributed by atoms with E-state index in [0.717, 1.165) is 41.1 Å². The molecule has 3 aromatic rings. The van der Waals surface area contributed by atoms with Crippen molar-refractivity contribution in [3.8, 4) is 16.9 Å². The number of rotatable bonds is 4. The third kappa shape index (κ3) is 4.03. The van der Waals surface area contributed by atoms with E-state index in [0.29, 0.717) is 6.54 Å². The third-order valence-corrected chi connectivity index (χ3v) is 5.67. The monoisotopic (exact) mass is 386 g/mol. The van der Waals surface area contributed by atoms with Crippen LogP contribution in [0.4, 0.5) is 0 Å². The van der Waals surface area contributed by atoms with Crippen LogP contribution in [0.1, 0.15) is 22.0 Å². The minimum Gasteiger partial charge on any atom is -0.496 e. The zero-order valence-corrected chi connectivity index (χ0v) is 16.9. The first kappa shape index (κ1) is 19.2. The fraction of sp³-hybridized carbons (Fsp3) is 0.240. The minimum absolute atomic E-state index is 0.0811. The summed E-state index contributed by atoms with van der Waals surface area (Å²) in [5, 5.41) is 0. The number of ether oxygens (including phenoxy) is 1. The van der Waals surface area contributed by atoms with Gasteiger partial charge in [-0.1, -0.05) is 60.7 Å². The number of carbonyl (C=O) groups excluding carboxylic acids is 1. The number of hydrogen-bond acceptors (Lipinski definition) is 3. The van der Waals surface area contributed by atoms with Gasteiger partial charge in [-0.05, 0) is 36.4 Å². The molecule has 1 heterocycles. The molecule has 0 aliphatic carbocycles. The van der Waals surface area contributed by atoms with E-state index in [1.807, 2.05) is 65.6 Å². The topological polar surface area (TPSA) is 32.8 Å². The van der Waals surface area contributed by atoms with E-state index in [4.69, 9.17) is 4.74 Å². The van der Waals surface area contributed by atoms with Gasteiger partial charge in [-0.2, -0.15) is 0 Å². The Balaban J connectivity index is 1.53. The molecular weight excluding hydrogens is 360 g/mol. The van der Waals surface area contributed by atoms with Gasteiger partial charge in [0, 0.05) is 30.8 Å². The first-order valence-electron chi connectivity index (χ1n) is 9.95. The van der Waals surface area contributed by atoms with Crippen LogP contribution in [-0.4, -0.2) is 49.5 Å². The predicted octanol–water partition coefficient (Wildman–Crippen LogP) is 4.49. The van der Waals surface area contributed by atoms with E-state index in [1.165, 1.54) is 0 Å². The summed E-state index contributed by atoms with van der Waals surface area (Å²) >= 11 is 0. The molecule has 1 aliphatic heterocycles. The molecule has 0 radical (unpaired) electrons. The van der Waals surface area contributed by atoms with Gasteiger partial charge < -0.3 is 9.64 Å². The number of hydrogen-bond donors (Lipinski definition) is 0. The lowest BCUT2D eigenvalue weighted by Gasteiger charge is -2.40. The van der Waals surface area contributed by atoms with Crippen molar-refractivity contribution < 1.29 is 9.53 Å². The summed E-state index contributed by atoms with van der Waals surface area (Å²) in [6, 6.07) is 26.3. The Kier molecular flexibility index (Phi) is 5.63. The Labute approximate surface area is 172 Å². The molecule has 1 unspecified atom stereocenters. The molecule has 4 heteroatoms. The number of amides is 1. The van der Waals surface area contributed by atoms with Crippen molar-refractivity contribution in [1.82, 2.24) is 9.80 Å². The van der Waals surface area contributed by atoms with Crippen LogP contribution in [0, 0.1) is 0 Å². The molecule has 3 aromatic carbocycles. The van der Waals surface area contributed by atoms with E-state index in [-0.39, 0.29) is 11.9 Å². The largest absolute Gasteiger partial charge is 0.496 e. The van der Waals surface area contributed by atoms with Gasteiger partial charge in [-0.3, -0.25) is 9.69 Å². The molecule has 1 amide bonds. The molecule has 1 atom stereocenters. The highest BCUT2D eigenvalue weighted by molar-refractivity contribution is 5.94. The molecule has 0 saturated carbocycles. The number of piperazine rings is 1. The minimum atomic E-state index is 0.0811. The van der Waals surface area contributed by atoms with E-state index in [2.05, 4.69) is 30.1 Å². The van der Waals surface area contributed by atoms with Crippen molar-refractivity contribution in [1.29, 1.82) is 0 Å². The smallest absolute Gasteiger partial charge is 0.253 e. The van der Waals surface area contributed by atoms with Crippen LogP contribution >= 0.6 is 0 Å². The first-order valence-corrected chi connectivity index (χ1v) is 9.95. The standard InChI is InChI=1S/C25H26N2O2/c1-26-16-17-27(18-23(26)22-10-6-7-11-24(22)29-2)25(28)21-14-12-20(13-15-21)19-8-4-3-5-9-19/h3-15,23H,16-18H2,1-2H3. The number of para-hydroxylation sites is 1. The number of likely N-dealkylation sites (N-methyl/N-ethyl adjacent to an activating group) is 1. The van der Waals surface area contributed by atoms with Crippen LogP contribution in [0.25, 0.3) is 11.1 Å². The molecular formula is C25H26N2O2. The molecule has 1 saturated heterocycles. The van der Waals surface area contributed by atoms with Crippen LogP contribution in [0.2, 0.25) is 0 Å². The van der Waals surface area contributed by atoms with Gasteiger partial charge in [0.05, 0.1) is 13.2 Å². The van der Waals surface area contributed by atoms with Crippen LogP contribution in [0.15, 0.2) is 78.9 Å². The second-order valence-electron chi connectivity index (χ2n) is 7.43. The first-order chi connectivity index (χ1) is 14.2. The molecule has 1 aliphatic rings. The molecule has 0 aromatic heterocycles. The average molecular weight is 386 g/mol. The quantitative estimate of drug-likeness (QED) is 0.662. The summed E-state index contributed by atoms with van der Waals surface area (Å²) in [5.41, 5.74) is 4.12. The lowest BCUT2D eigenvalue weighted by atomic mass is 10.0. The van der Waals surface area contributed by atoms with Crippen molar-refractivity contribution in [3.05, 3.63) is 90.0 Å². The second-order valence-corrected chi connectivity index (χ2v) is 7.43. The second kappa shape index (κ2) is 8.50. The van der Waals surface area contributed by atoms with Gasteiger partial charge in [-0.15, -0.1) is 0 Å². The predicted molar refractivity (Wildman–Crippen MR) is 116 cm³/mol. The number of methoxy groups -OCH3 is 1. The summed E-state index contributed by atoms with van der Waals surface area (Å²) in [7, 11) is 3.80. The molecule has 4 nitrogen and oxygen atoms in total. The summed E-state index contributed by atoms with van der Waals surface area (Å²) in [5.74, 6) is 0.948. The van der Waals surface area contributed by atoms with Crippen molar-refractivity contribution in [2.45, 2.75) is 6.04 Å². The maximum Gasteiger partial charge on any atom is 0.253 e. The Bertz CT molecular complexity index is 970. The summed E-state index contributed by atoms with van der Waals surface area (Å²) in [6.07, 6.45) is 0. The van der Waals surface area contributed by atoms with E-state index < -0.39 is 0 Å². The summed E-state index contributed by atoms with van der Waals surface area (Å²) < 4.78 is 5.55.